The third kappa shape index (κ3) is 6.04. The normalized spacial score (nSPS) is 23.4. The Morgan fingerprint density at radius 2 is 1.48 bits per heavy atom. The fourth-order valence-corrected chi connectivity index (χ4v) is 2.38. The van der Waals surface area contributed by atoms with E-state index >= 15 is 0 Å². The van der Waals surface area contributed by atoms with Crippen molar-refractivity contribution in [3.05, 3.63) is 0 Å². The first-order valence-corrected chi connectivity index (χ1v) is 7.83. The number of rotatable bonds is 6. The zero-order valence-electron chi connectivity index (χ0n) is 13.9. The van der Waals surface area contributed by atoms with Crippen molar-refractivity contribution in [3.63, 3.8) is 0 Å². The van der Waals surface area contributed by atoms with Crippen LogP contribution < -0.4 is 0 Å². The van der Waals surface area contributed by atoms with E-state index in [9.17, 15) is 9.59 Å². The number of nitrogens with zero attached hydrogens (tertiary/aromatic N) is 1. The number of hydrogen-bond acceptors (Lipinski definition) is 5. The van der Waals surface area contributed by atoms with Crippen molar-refractivity contribution in [2.24, 2.45) is 23.7 Å². The summed E-state index contributed by atoms with van der Waals surface area (Å²) in [6.07, 6.45) is 0.964. The number of hydrogen-bond donors (Lipinski definition) is 0. The van der Waals surface area contributed by atoms with E-state index in [0.717, 1.165) is 19.5 Å². The van der Waals surface area contributed by atoms with Crippen molar-refractivity contribution >= 4 is 11.9 Å². The highest BCUT2D eigenvalue weighted by Crippen LogP contribution is 2.24. The number of piperidine rings is 1. The second-order valence-corrected chi connectivity index (χ2v) is 6.64. The minimum Gasteiger partial charge on any atom is -0.465 e. The van der Waals surface area contributed by atoms with Gasteiger partial charge < -0.3 is 14.4 Å². The molecule has 1 aliphatic rings. The van der Waals surface area contributed by atoms with Crippen LogP contribution in [0, 0.1) is 23.7 Å². The topological polar surface area (TPSA) is 55.8 Å². The van der Waals surface area contributed by atoms with E-state index in [-0.39, 0.29) is 35.6 Å². The quantitative estimate of drug-likeness (QED) is 0.702. The summed E-state index contributed by atoms with van der Waals surface area (Å²) in [7, 11) is 2.06. The van der Waals surface area contributed by atoms with Crippen molar-refractivity contribution in [3.8, 4) is 0 Å². The minimum absolute atomic E-state index is 0.103. The maximum Gasteiger partial charge on any atom is 0.308 e. The molecule has 0 aliphatic carbocycles. The van der Waals surface area contributed by atoms with Crippen molar-refractivity contribution in [2.45, 2.75) is 34.1 Å². The van der Waals surface area contributed by atoms with Gasteiger partial charge in [0.25, 0.3) is 0 Å². The summed E-state index contributed by atoms with van der Waals surface area (Å²) in [4.78, 5) is 25.4. The van der Waals surface area contributed by atoms with Crippen LogP contribution in [0.2, 0.25) is 0 Å². The van der Waals surface area contributed by atoms with Crippen LogP contribution in [0.5, 0.6) is 0 Å². The minimum atomic E-state index is -0.166. The lowest BCUT2D eigenvalue weighted by atomic mass is 9.87. The monoisotopic (exact) mass is 299 g/mol. The van der Waals surface area contributed by atoms with Crippen LogP contribution in [-0.4, -0.2) is 50.2 Å². The Bertz CT molecular complexity index is 354. The molecule has 0 bridgehead atoms. The van der Waals surface area contributed by atoms with Crippen molar-refractivity contribution < 1.29 is 19.1 Å². The molecule has 5 heteroatoms. The highest BCUT2D eigenvalue weighted by Gasteiger charge is 2.30. The number of ether oxygens (including phenoxy) is 2. The van der Waals surface area contributed by atoms with Crippen LogP contribution in [0.25, 0.3) is 0 Å². The molecule has 0 saturated carbocycles. The number of likely N-dealkylation sites (tertiary alicyclic amines) is 1. The summed E-state index contributed by atoms with van der Waals surface area (Å²) >= 11 is 0. The zero-order chi connectivity index (χ0) is 16.0. The molecule has 2 atom stereocenters. The highest BCUT2D eigenvalue weighted by molar-refractivity contribution is 5.71. The van der Waals surface area contributed by atoms with Crippen molar-refractivity contribution in [1.29, 1.82) is 0 Å². The SMILES string of the molecule is CC(C)C(=O)OCC1CCN(C)CC1COC(=O)C(C)C. The lowest BCUT2D eigenvalue weighted by molar-refractivity contribution is -0.154. The Labute approximate surface area is 128 Å². The van der Waals surface area contributed by atoms with Gasteiger partial charge in [0.2, 0.25) is 0 Å². The maximum atomic E-state index is 11.6. The van der Waals surface area contributed by atoms with Crippen LogP contribution in [0.1, 0.15) is 34.1 Å². The molecule has 0 aromatic carbocycles. The first-order chi connectivity index (χ1) is 9.81. The molecule has 1 heterocycles. The summed E-state index contributed by atoms with van der Waals surface area (Å²) in [5.74, 6) is -0.0414. The first-order valence-electron chi connectivity index (χ1n) is 7.83. The van der Waals surface area contributed by atoms with Gasteiger partial charge in [0, 0.05) is 18.4 Å². The Hall–Kier alpha value is -1.10. The van der Waals surface area contributed by atoms with Gasteiger partial charge in [0.05, 0.1) is 25.0 Å². The molecule has 0 aromatic heterocycles. The standard InChI is InChI=1S/C16H29NO4/c1-11(2)15(18)20-9-13-6-7-17(5)8-14(13)10-21-16(19)12(3)4/h11-14H,6-10H2,1-5H3. The van der Waals surface area contributed by atoms with Gasteiger partial charge in [-0.25, -0.2) is 0 Å². The molecule has 1 aliphatic heterocycles. The van der Waals surface area contributed by atoms with Gasteiger partial charge in [-0.2, -0.15) is 0 Å². The molecule has 1 saturated heterocycles. The fraction of sp³-hybridized carbons (Fsp3) is 0.875. The maximum absolute atomic E-state index is 11.6. The van der Waals surface area contributed by atoms with Crippen LogP contribution in [0.3, 0.4) is 0 Å². The summed E-state index contributed by atoms with van der Waals surface area (Å²) in [6.45, 7) is 10.0. The Kier molecular flexibility index (Phi) is 7.15. The highest BCUT2D eigenvalue weighted by atomic mass is 16.5. The second kappa shape index (κ2) is 8.37. The summed E-state index contributed by atoms with van der Waals surface area (Å²) in [5, 5.41) is 0. The van der Waals surface area contributed by atoms with Gasteiger partial charge in [-0.3, -0.25) is 9.59 Å². The van der Waals surface area contributed by atoms with Gasteiger partial charge in [0.1, 0.15) is 0 Å². The second-order valence-electron chi connectivity index (χ2n) is 6.64. The van der Waals surface area contributed by atoms with E-state index in [4.69, 9.17) is 9.47 Å². The van der Waals surface area contributed by atoms with Crippen LogP contribution in [-0.2, 0) is 19.1 Å². The van der Waals surface area contributed by atoms with E-state index in [0.29, 0.717) is 13.2 Å². The summed E-state index contributed by atoms with van der Waals surface area (Å²) < 4.78 is 10.7. The Morgan fingerprint density at radius 3 is 1.95 bits per heavy atom. The lowest BCUT2D eigenvalue weighted by Gasteiger charge is -2.36. The van der Waals surface area contributed by atoms with Gasteiger partial charge in [-0.15, -0.1) is 0 Å². The number of carbonyl (C=O) groups excluding carboxylic acids is 2. The van der Waals surface area contributed by atoms with E-state index < -0.39 is 0 Å². The predicted molar refractivity (Wildman–Crippen MR) is 80.7 cm³/mol. The largest absolute Gasteiger partial charge is 0.465 e. The van der Waals surface area contributed by atoms with Gasteiger partial charge >= 0.3 is 11.9 Å². The van der Waals surface area contributed by atoms with Crippen LogP contribution in [0.4, 0.5) is 0 Å². The third-order valence-electron chi connectivity index (χ3n) is 3.92. The molecule has 2 unspecified atom stereocenters. The molecule has 0 N–H and O–H groups in total. The number of carbonyl (C=O) groups is 2. The van der Waals surface area contributed by atoms with E-state index in [1.54, 1.807) is 0 Å². The van der Waals surface area contributed by atoms with E-state index in [1.807, 2.05) is 27.7 Å². The molecule has 21 heavy (non-hydrogen) atoms. The first kappa shape index (κ1) is 18.0. The molecule has 1 rings (SSSR count). The smallest absolute Gasteiger partial charge is 0.308 e. The van der Waals surface area contributed by atoms with Crippen LogP contribution >= 0.6 is 0 Å². The van der Waals surface area contributed by atoms with Gasteiger partial charge in [-0.05, 0) is 20.0 Å². The lowest BCUT2D eigenvalue weighted by Crippen LogP contribution is -2.42. The van der Waals surface area contributed by atoms with Gasteiger partial charge in [-0.1, -0.05) is 27.7 Å². The van der Waals surface area contributed by atoms with Crippen molar-refractivity contribution in [1.82, 2.24) is 4.90 Å². The fourth-order valence-electron chi connectivity index (χ4n) is 2.38. The average Bonchev–Trinajstić information content (AvgIpc) is 2.42. The predicted octanol–water partition coefficient (Wildman–Crippen LogP) is 1.95. The summed E-state index contributed by atoms with van der Waals surface area (Å²) in [5.41, 5.74) is 0. The molecular formula is C16H29NO4. The molecule has 0 spiro atoms. The number of esters is 2. The average molecular weight is 299 g/mol. The molecule has 0 aromatic rings. The summed E-state index contributed by atoms with van der Waals surface area (Å²) in [6, 6.07) is 0. The molecular weight excluding hydrogens is 270 g/mol. The molecule has 5 nitrogen and oxygen atoms in total. The molecule has 0 radical (unpaired) electrons. The third-order valence-corrected chi connectivity index (χ3v) is 3.92. The van der Waals surface area contributed by atoms with E-state index in [2.05, 4.69) is 11.9 Å². The molecule has 0 amide bonds. The Morgan fingerprint density at radius 1 is 1.00 bits per heavy atom. The van der Waals surface area contributed by atoms with Crippen molar-refractivity contribution in [2.75, 3.05) is 33.4 Å². The van der Waals surface area contributed by atoms with E-state index in [1.165, 1.54) is 0 Å². The molecule has 122 valence electrons. The van der Waals surface area contributed by atoms with Crippen LogP contribution in [0.15, 0.2) is 0 Å². The zero-order valence-corrected chi connectivity index (χ0v) is 13.9. The van der Waals surface area contributed by atoms with Gasteiger partial charge in [0.15, 0.2) is 0 Å². The molecule has 1 fully saturated rings. The Balaban J connectivity index is 2.50.